The molecule has 11 heteroatoms. The van der Waals surface area contributed by atoms with Crippen molar-refractivity contribution in [3.05, 3.63) is 60.2 Å². The molecule has 1 aromatic carbocycles. The summed E-state index contributed by atoms with van der Waals surface area (Å²) in [5.41, 5.74) is 0.882. The number of hydrogen-bond acceptors (Lipinski definition) is 8. The quantitative estimate of drug-likeness (QED) is 0.241. The lowest BCUT2D eigenvalue weighted by Crippen LogP contribution is -2.45. The third kappa shape index (κ3) is 6.75. The summed E-state index contributed by atoms with van der Waals surface area (Å²) in [5, 5.41) is 8.39. The highest BCUT2D eigenvalue weighted by molar-refractivity contribution is 7.99. The minimum absolute atomic E-state index is 0.198. The summed E-state index contributed by atoms with van der Waals surface area (Å²) in [4.78, 5) is 20.5. The molecule has 0 spiro atoms. The normalized spacial score (nSPS) is 19.1. The van der Waals surface area contributed by atoms with Crippen LogP contribution in [0.5, 0.6) is 0 Å². The van der Waals surface area contributed by atoms with Crippen molar-refractivity contribution in [3.8, 4) is 0 Å². The number of thiocarbonyl (C=S) groups is 1. The highest BCUT2D eigenvalue weighted by atomic mass is 32.2. The molecule has 5 rings (SSSR count). The van der Waals surface area contributed by atoms with E-state index in [1.54, 1.807) is 18.5 Å². The van der Waals surface area contributed by atoms with Crippen molar-refractivity contribution in [2.24, 2.45) is 5.92 Å². The van der Waals surface area contributed by atoms with Gasteiger partial charge in [-0.15, -0.1) is 0 Å². The van der Waals surface area contributed by atoms with Crippen molar-refractivity contribution in [1.29, 1.82) is 0 Å². The van der Waals surface area contributed by atoms with E-state index in [1.807, 2.05) is 18.2 Å². The van der Waals surface area contributed by atoms with E-state index in [9.17, 15) is 4.39 Å². The molecule has 2 N–H and O–H groups in total. The summed E-state index contributed by atoms with van der Waals surface area (Å²) in [6.07, 6.45) is 7.44. The van der Waals surface area contributed by atoms with Crippen LogP contribution in [0.1, 0.15) is 38.2 Å². The SMILES string of the molecule is CC1CCCN(c2cc(Sc3ncccn3)nc(NC(=S)NCC3(c4ccc(F)cc4)CCOCC3)n2)C1. The number of rotatable bonds is 7. The first-order chi connectivity index (χ1) is 18.5. The van der Waals surface area contributed by atoms with Gasteiger partial charge in [-0.1, -0.05) is 19.1 Å². The van der Waals surface area contributed by atoms with Gasteiger partial charge in [0.15, 0.2) is 10.3 Å². The van der Waals surface area contributed by atoms with E-state index in [0.29, 0.717) is 41.9 Å². The molecule has 0 amide bonds. The maximum atomic E-state index is 13.6. The highest BCUT2D eigenvalue weighted by Gasteiger charge is 2.34. The van der Waals surface area contributed by atoms with Crippen LogP contribution in [0, 0.1) is 11.7 Å². The van der Waals surface area contributed by atoms with Gasteiger partial charge in [0.25, 0.3) is 0 Å². The van der Waals surface area contributed by atoms with Gasteiger partial charge in [0.05, 0.1) is 0 Å². The molecule has 4 heterocycles. The second kappa shape index (κ2) is 12.3. The third-order valence-electron chi connectivity index (χ3n) is 7.13. The molecule has 1 atom stereocenters. The van der Waals surface area contributed by atoms with Gasteiger partial charge in [-0.25, -0.2) is 19.3 Å². The van der Waals surface area contributed by atoms with E-state index in [0.717, 1.165) is 48.8 Å². The topological polar surface area (TPSA) is 88.1 Å². The number of nitrogens with zero attached hydrogens (tertiary/aromatic N) is 5. The summed E-state index contributed by atoms with van der Waals surface area (Å²) >= 11 is 7.07. The maximum Gasteiger partial charge on any atom is 0.232 e. The molecule has 2 fully saturated rings. The Kier molecular flexibility index (Phi) is 8.65. The van der Waals surface area contributed by atoms with Crippen LogP contribution in [-0.2, 0) is 10.2 Å². The summed E-state index contributed by atoms with van der Waals surface area (Å²) in [6.45, 7) is 6.08. The van der Waals surface area contributed by atoms with E-state index in [1.165, 1.54) is 30.3 Å². The van der Waals surface area contributed by atoms with Crippen molar-refractivity contribution < 1.29 is 9.13 Å². The van der Waals surface area contributed by atoms with E-state index in [4.69, 9.17) is 26.9 Å². The van der Waals surface area contributed by atoms with Gasteiger partial charge in [-0.2, -0.15) is 4.98 Å². The number of nitrogens with one attached hydrogen (secondary N) is 2. The van der Waals surface area contributed by atoms with E-state index >= 15 is 0 Å². The summed E-state index contributed by atoms with van der Waals surface area (Å²) in [6, 6.07) is 10.5. The average molecular weight is 554 g/mol. The average Bonchev–Trinajstić information content (AvgIpc) is 2.93. The number of hydrogen-bond donors (Lipinski definition) is 2. The predicted molar refractivity (Wildman–Crippen MR) is 151 cm³/mol. The molecular formula is C27H32FN7OS2. The molecule has 0 radical (unpaired) electrons. The zero-order chi connectivity index (χ0) is 26.4. The molecule has 2 aromatic heterocycles. The van der Waals surface area contributed by atoms with Crippen LogP contribution < -0.4 is 15.5 Å². The molecule has 0 aliphatic carbocycles. The molecule has 3 aromatic rings. The van der Waals surface area contributed by atoms with Crippen LogP contribution in [0.2, 0.25) is 0 Å². The fraction of sp³-hybridized carbons (Fsp3) is 0.444. The van der Waals surface area contributed by atoms with Gasteiger partial charge < -0.3 is 20.3 Å². The standard InChI is InChI=1S/C27H32FN7OS2/c1-19-4-2-13-35(17-19)22-16-23(38-26-29-11-3-12-30-26)33-24(32-22)34-25(37)31-18-27(9-14-36-15-10-27)20-5-7-21(28)8-6-20/h3,5-8,11-12,16,19H,2,4,9-10,13-15,17-18H2,1H3,(H2,31,32,33,34,37). The van der Waals surface area contributed by atoms with Crippen LogP contribution in [0.25, 0.3) is 0 Å². The first kappa shape index (κ1) is 26.7. The predicted octanol–water partition coefficient (Wildman–Crippen LogP) is 4.83. The summed E-state index contributed by atoms with van der Waals surface area (Å²) < 4.78 is 19.2. The van der Waals surface area contributed by atoms with Gasteiger partial charge in [0.2, 0.25) is 5.95 Å². The lowest BCUT2D eigenvalue weighted by Gasteiger charge is -2.38. The molecule has 8 nitrogen and oxygen atoms in total. The number of benzene rings is 1. The highest BCUT2D eigenvalue weighted by Crippen LogP contribution is 2.34. The summed E-state index contributed by atoms with van der Waals surface area (Å²) in [7, 11) is 0. The van der Waals surface area contributed by atoms with E-state index in [2.05, 4.69) is 32.4 Å². The Morgan fingerprint density at radius 2 is 1.95 bits per heavy atom. The van der Waals surface area contributed by atoms with Gasteiger partial charge >= 0.3 is 0 Å². The van der Waals surface area contributed by atoms with Crippen molar-refractivity contribution in [2.75, 3.05) is 43.1 Å². The van der Waals surface area contributed by atoms with Crippen molar-refractivity contribution in [3.63, 3.8) is 0 Å². The molecule has 38 heavy (non-hydrogen) atoms. The molecule has 2 aliphatic rings. The second-order valence-corrected chi connectivity index (χ2v) is 11.3. The molecule has 0 bridgehead atoms. The van der Waals surface area contributed by atoms with Crippen LogP contribution in [0.4, 0.5) is 16.2 Å². The fourth-order valence-electron chi connectivity index (χ4n) is 5.04. The fourth-order valence-corrected chi connectivity index (χ4v) is 5.91. The van der Waals surface area contributed by atoms with Crippen molar-refractivity contribution >= 4 is 40.9 Å². The van der Waals surface area contributed by atoms with E-state index < -0.39 is 0 Å². The lowest BCUT2D eigenvalue weighted by atomic mass is 9.74. The molecule has 200 valence electrons. The number of piperidine rings is 1. The minimum Gasteiger partial charge on any atom is -0.381 e. The van der Waals surface area contributed by atoms with Gasteiger partial charge in [-0.3, -0.25) is 0 Å². The Labute approximate surface area is 232 Å². The monoisotopic (exact) mass is 553 g/mol. The van der Waals surface area contributed by atoms with Crippen LogP contribution >= 0.6 is 24.0 Å². The van der Waals surface area contributed by atoms with Gasteiger partial charge in [-0.05, 0) is 79.3 Å². The molecule has 2 saturated heterocycles. The zero-order valence-electron chi connectivity index (χ0n) is 21.4. The minimum atomic E-state index is -0.240. The van der Waals surface area contributed by atoms with Crippen LogP contribution in [0.3, 0.4) is 0 Å². The molecular weight excluding hydrogens is 521 g/mol. The van der Waals surface area contributed by atoms with Crippen LogP contribution in [-0.4, -0.2) is 57.9 Å². The number of halogens is 1. The maximum absolute atomic E-state index is 13.6. The molecule has 1 unspecified atom stereocenters. The largest absolute Gasteiger partial charge is 0.381 e. The first-order valence-electron chi connectivity index (χ1n) is 13.0. The molecule has 0 saturated carbocycles. The van der Waals surface area contributed by atoms with E-state index in [-0.39, 0.29) is 11.2 Å². The molecule has 2 aliphatic heterocycles. The Balaban J connectivity index is 1.33. The van der Waals surface area contributed by atoms with Crippen molar-refractivity contribution in [1.82, 2.24) is 25.3 Å². The van der Waals surface area contributed by atoms with Crippen molar-refractivity contribution in [2.45, 2.75) is 48.2 Å². The summed E-state index contributed by atoms with van der Waals surface area (Å²) in [5.74, 6) is 1.66. The lowest BCUT2D eigenvalue weighted by molar-refractivity contribution is 0.0515. The Bertz CT molecular complexity index is 1230. The van der Waals surface area contributed by atoms with Gasteiger partial charge in [0.1, 0.15) is 16.7 Å². The zero-order valence-corrected chi connectivity index (χ0v) is 23.0. The number of anilines is 2. The number of ether oxygens (including phenoxy) is 1. The second-order valence-electron chi connectivity index (χ2n) is 9.92. The third-order valence-corrected chi connectivity index (χ3v) is 8.19. The Hall–Kier alpha value is -2.89. The van der Waals surface area contributed by atoms with Gasteiger partial charge in [0, 0.05) is 56.7 Å². The smallest absolute Gasteiger partial charge is 0.232 e. The Morgan fingerprint density at radius 1 is 1.18 bits per heavy atom. The number of aromatic nitrogens is 4. The Morgan fingerprint density at radius 3 is 2.68 bits per heavy atom. The van der Waals surface area contributed by atoms with Crippen LogP contribution in [0.15, 0.2) is 59.0 Å². The first-order valence-corrected chi connectivity index (χ1v) is 14.2.